The molecule has 0 aliphatic rings. The molecule has 6 heteroatoms. The molecule has 4 aromatic rings. The van der Waals surface area contributed by atoms with Gasteiger partial charge in [-0.05, 0) is 53.4 Å². The van der Waals surface area contributed by atoms with Crippen LogP contribution in [0.25, 0.3) is 33.3 Å². The number of hydrogen-bond acceptors (Lipinski definition) is 5. The van der Waals surface area contributed by atoms with E-state index in [2.05, 4.69) is 16.0 Å². The van der Waals surface area contributed by atoms with Crippen molar-refractivity contribution in [3.8, 4) is 11.3 Å². The number of aromatic nitrogens is 2. The van der Waals surface area contributed by atoms with E-state index >= 15 is 0 Å². The fourth-order valence-corrected chi connectivity index (χ4v) is 4.24. The van der Waals surface area contributed by atoms with Crippen molar-refractivity contribution in [2.75, 3.05) is 0 Å². The van der Waals surface area contributed by atoms with E-state index in [0.29, 0.717) is 40.6 Å². The van der Waals surface area contributed by atoms with Crippen molar-refractivity contribution in [2.24, 2.45) is 16.2 Å². The van der Waals surface area contributed by atoms with Crippen molar-refractivity contribution >= 4 is 27.9 Å². The van der Waals surface area contributed by atoms with Crippen molar-refractivity contribution in [1.82, 2.24) is 9.97 Å². The van der Waals surface area contributed by atoms with Gasteiger partial charge in [0.2, 0.25) is 5.71 Å². The van der Waals surface area contributed by atoms with Crippen LogP contribution in [-0.2, 0) is 31.3 Å². The van der Waals surface area contributed by atoms with Gasteiger partial charge in [0.1, 0.15) is 0 Å². The van der Waals surface area contributed by atoms with Gasteiger partial charge in [-0.1, -0.05) is 84.9 Å². The largest absolute Gasteiger partial charge is 0.512 e. The standard InChI is InChI=1S/C22H21N2O.C13H24O2.Ir/c1-14-8-9-17-16-6-5-7-18(20(16)25-21(17)24-14)19-12-15(10-11-23-19)13-22(2,3)4;1-12(2,3)8-10(14)7-11(15)9-13(4,5)6;/h5-6,8-12H,13H2,1-4H3;7,14H,8-9H2,1-6H3;/q-1;;/b;10-7-;/i1D3,13D2;;. The van der Waals surface area contributed by atoms with Gasteiger partial charge in [0.15, 0.2) is 5.78 Å². The van der Waals surface area contributed by atoms with Gasteiger partial charge in [0.05, 0.1) is 11.3 Å². The number of allylic oxidation sites excluding steroid dienone is 2. The molecule has 1 radical (unpaired) electrons. The number of carbonyl (C=O) groups is 1. The number of carbonyl (C=O) groups excluding carboxylic acids is 1. The number of rotatable bonds is 5. The predicted octanol–water partition coefficient (Wildman–Crippen LogP) is 9.61. The molecular weight excluding hydrogens is 689 g/mol. The molecule has 3 aromatic heterocycles. The number of aryl methyl sites for hydroxylation is 1. The molecule has 0 spiro atoms. The van der Waals surface area contributed by atoms with E-state index in [0.717, 1.165) is 5.39 Å². The summed E-state index contributed by atoms with van der Waals surface area (Å²) in [6.45, 7) is 15.4. The van der Waals surface area contributed by atoms with E-state index in [1.165, 1.54) is 12.1 Å². The Balaban J connectivity index is 0.000000394. The van der Waals surface area contributed by atoms with Crippen LogP contribution in [0.4, 0.5) is 0 Å². The van der Waals surface area contributed by atoms with Crippen LogP contribution in [0.3, 0.4) is 0 Å². The topological polar surface area (TPSA) is 76.2 Å². The molecule has 0 fully saturated rings. The van der Waals surface area contributed by atoms with Crippen LogP contribution >= 0.6 is 0 Å². The van der Waals surface area contributed by atoms with E-state index in [9.17, 15) is 9.90 Å². The summed E-state index contributed by atoms with van der Waals surface area (Å²) in [7, 11) is 0. The van der Waals surface area contributed by atoms with Crippen LogP contribution in [0.5, 0.6) is 0 Å². The van der Waals surface area contributed by atoms with Crippen molar-refractivity contribution in [2.45, 2.75) is 88.4 Å². The Bertz CT molecular complexity index is 1710. The number of benzene rings is 1. The van der Waals surface area contributed by atoms with Gasteiger partial charge in [0.25, 0.3) is 0 Å². The second-order valence-electron chi connectivity index (χ2n) is 13.6. The van der Waals surface area contributed by atoms with E-state index in [1.54, 1.807) is 30.5 Å². The number of fused-ring (bicyclic) bond motifs is 3. The molecular formula is C35H45IrN2O3-. The molecule has 1 N–H and O–H groups in total. The molecule has 223 valence electrons. The molecule has 0 atom stereocenters. The molecule has 0 saturated heterocycles. The van der Waals surface area contributed by atoms with Crippen LogP contribution < -0.4 is 0 Å². The minimum atomic E-state index is -2.32. The van der Waals surface area contributed by atoms with Crippen LogP contribution in [0.1, 0.15) is 93.3 Å². The average molecular weight is 739 g/mol. The molecule has 0 aliphatic heterocycles. The van der Waals surface area contributed by atoms with Crippen LogP contribution in [0, 0.1) is 29.2 Å². The quantitative estimate of drug-likeness (QED) is 0.125. The van der Waals surface area contributed by atoms with E-state index < -0.39 is 18.6 Å². The fourth-order valence-electron chi connectivity index (χ4n) is 4.24. The van der Waals surface area contributed by atoms with Crippen molar-refractivity contribution < 1.29 is 41.3 Å². The summed E-state index contributed by atoms with van der Waals surface area (Å²) in [4.78, 5) is 20.1. The van der Waals surface area contributed by atoms with Crippen molar-refractivity contribution in [3.63, 3.8) is 0 Å². The fraction of sp³-hybridized carbons (Fsp3) is 0.457. The molecule has 0 bridgehead atoms. The summed E-state index contributed by atoms with van der Waals surface area (Å²) in [6, 6.07) is 13.3. The molecule has 3 heterocycles. The number of hydrogen-bond donors (Lipinski definition) is 1. The Morgan fingerprint density at radius 3 is 2.29 bits per heavy atom. The molecule has 0 saturated carbocycles. The smallest absolute Gasteiger partial charge is 0.216 e. The first-order chi connectivity index (χ1) is 20.4. The second kappa shape index (κ2) is 13.4. The number of pyridine rings is 2. The SMILES string of the molecule is CC(C)(C)CC(=O)/C=C(\O)CC(C)(C)C.[2H]C([2H])([2H])c1ccc2c(n1)oc1c(-c3cc(C([2H])([2H])C(C)(C)C)ccn3)[c-]ccc12.[Ir]. The molecule has 1 aromatic carbocycles. The Morgan fingerprint density at radius 2 is 1.68 bits per heavy atom. The maximum Gasteiger partial charge on any atom is 0.216 e. The molecule has 0 aliphatic carbocycles. The van der Waals surface area contributed by atoms with Gasteiger partial charge < -0.3 is 14.5 Å². The third-order valence-electron chi connectivity index (χ3n) is 5.58. The molecule has 0 unspecified atom stereocenters. The Morgan fingerprint density at radius 1 is 1.00 bits per heavy atom. The zero-order chi connectivity index (χ0) is 34.2. The summed E-state index contributed by atoms with van der Waals surface area (Å²) >= 11 is 0. The summed E-state index contributed by atoms with van der Waals surface area (Å²) < 4.78 is 45.8. The predicted molar refractivity (Wildman–Crippen MR) is 165 cm³/mol. The molecule has 0 amide bonds. The monoisotopic (exact) mass is 739 g/mol. The van der Waals surface area contributed by atoms with Gasteiger partial charge in [-0.25, -0.2) is 4.98 Å². The first kappa shape index (κ1) is 27.0. The Hall–Kier alpha value is -2.82. The van der Waals surface area contributed by atoms with Gasteiger partial charge in [-0.2, -0.15) is 0 Å². The van der Waals surface area contributed by atoms with Crippen molar-refractivity contribution in [1.29, 1.82) is 0 Å². The van der Waals surface area contributed by atoms with Crippen LogP contribution in [0.2, 0.25) is 0 Å². The van der Waals surface area contributed by atoms with E-state index in [1.807, 2.05) is 68.4 Å². The number of ketones is 1. The summed E-state index contributed by atoms with van der Waals surface area (Å²) in [5, 5.41) is 11.1. The Labute approximate surface area is 266 Å². The number of nitrogens with zero attached hydrogens (tertiary/aromatic N) is 2. The number of furan rings is 1. The van der Waals surface area contributed by atoms with E-state index in [-0.39, 0.29) is 53.9 Å². The van der Waals surface area contributed by atoms with Crippen LogP contribution in [0.15, 0.2) is 58.8 Å². The minimum absolute atomic E-state index is 0. The minimum Gasteiger partial charge on any atom is -0.512 e. The van der Waals surface area contributed by atoms with Gasteiger partial charge in [-0.15, -0.1) is 18.2 Å². The Kier molecular flexibility index (Phi) is 8.86. The maximum absolute atomic E-state index is 11.5. The normalized spacial score (nSPS) is 15.0. The second-order valence-corrected chi connectivity index (χ2v) is 13.6. The zero-order valence-corrected chi connectivity index (χ0v) is 27.9. The number of aliphatic hydroxyl groups excluding tert-OH is 1. The first-order valence-corrected chi connectivity index (χ1v) is 13.5. The maximum atomic E-state index is 11.5. The van der Waals surface area contributed by atoms with E-state index in [4.69, 9.17) is 11.3 Å². The number of aliphatic hydroxyl groups is 1. The van der Waals surface area contributed by atoms with Gasteiger partial charge >= 0.3 is 0 Å². The van der Waals surface area contributed by atoms with Gasteiger partial charge in [-0.3, -0.25) is 4.79 Å². The average Bonchev–Trinajstić information content (AvgIpc) is 3.24. The zero-order valence-electron chi connectivity index (χ0n) is 30.5. The van der Waals surface area contributed by atoms with Crippen molar-refractivity contribution in [3.05, 3.63) is 71.8 Å². The summed E-state index contributed by atoms with van der Waals surface area (Å²) in [6.07, 6.45) is 2.40. The third kappa shape index (κ3) is 10.8. The first-order valence-electron chi connectivity index (χ1n) is 16.0. The molecule has 4 rings (SSSR count). The third-order valence-corrected chi connectivity index (χ3v) is 5.58. The van der Waals surface area contributed by atoms with Gasteiger partial charge in [0, 0.05) is 63.2 Å². The summed E-state index contributed by atoms with van der Waals surface area (Å²) in [5.41, 5.74) is 1.72. The molecule has 41 heavy (non-hydrogen) atoms. The van der Waals surface area contributed by atoms with Crippen LogP contribution in [-0.4, -0.2) is 20.9 Å². The summed E-state index contributed by atoms with van der Waals surface area (Å²) in [5.74, 6) is 0.195. The molecule has 5 nitrogen and oxygen atoms in total.